The second-order valence-electron chi connectivity index (χ2n) is 6.56. The molecule has 8 nitrogen and oxygen atoms in total. The van der Waals surface area contributed by atoms with E-state index >= 15 is 0 Å². The van der Waals surface area contributed by atoms with Crippen LogP contribution in [0.25, 0.3) is 0 Å². The van der Waals surface area contributed by atoms with Crippen molar-refractivity contribution in [1.29, 1.82) is 5.41 Å². The van der Waals surface area contributed by atoms with E-state index in [9.17, 15) is 9.59 Å². The van der Waals surface area contributed by atoms with Gasteiger partial charge in [-0.3, -0.25) is 19.3 Å². The highest BCUT2D eigenvalue weighted by Crippen LogP contribution is 2.20. The van der Waals surface area contributed by atoms with E-state index in [2.05, 4.69) is 23.6 Å². The molecule has 0 saturated carbocycles. The van der Waals surface area contributed by atoms with E-state index in [1.807, 2.05) is 32.1 Å². The van der Waals surface area contributed by atoms with Crippen LogP contribution in [-0.2, 0) is 18.9 Å². The number of hydrogen-bond donors (Lipinski definition) is 2. The van der Waals surface area contributed by atoms with Crippen molar-refractivity contribution in [2.75, 3.05) is 25.0 Å². The fraction of sp³-hybridized carbons (Fsp3) is 0.400. The Labute approximate surface area is 165 Å². The Hall–Kier alpha value is -3.16. The zero-order valence-corrected chi connectivity index (χ0v) is 17.4. The molecule has 0 atom stereocenters. The van der Waals surface area contributed by atoms with E-state index in [1.165, 1.54) is 16.2 Å². The van der Waals surface area contributed by atoms with E-state index in [0.29, 0.717) is 18.7 Å². The van der Waals surface area contributed by atoms with Gasteiger partial charge in [-0.15, -0.1) is 0 Å². The molecule has 0 fully saturated rings. The third-order valence-electron chi connectivity index (χ3n) is 4.38. The molecule has 0 aliphatic rings. The number of likely N-dealkylation sites (N-methyl/N-ethyl adjacent to an activating group) is 1. The third-order valence-corrected chi connectivity index (χ3v) is 4.38. The fourth-order valence-electron chi connectivity index (χ4n) is 2.51. The minimum Gasteiger partial charge on any atom is -0.359 e. The summed E-state index contributed by atoms with van der Waals surface area (Å²) in [5.74, 6) is 0.0519. The standard InChI is InChI=1S/C20H30N6O2/c1-8-14(2)9-10-15(3)11-12-23-16(27)13-24(5)17-18(21)25(6)20(28)26(7)19(17)22-4/h8-10,21H,3-4,11-13H2,1-2,5-7H3,(H,23,27)/b10-9-,14-8-,21-18?. The average Bonchev–Trinajstić information content (AvgIpc) is 2.66. The van der Waals surface area contributed by atoms with Crippen LogP contribution in [-0.4, -0.2) is 41.9 Å². The number of anilines is 1. The molecular weight excluding hydrogens is 356 g/mol. The van der Waals surface area contributed by atoms with Gasteiger partial charge in [-0.2, -0.15) is 0 Å². The first kappa shape index (κ1) is 22.9. The average molecular weight is 387 g/mol. The molecule has 1 amide bonds. The van der Waals surface area contributed by atoms with Gasteiger partial charge in [0.25, 0.3) is 0 Å². The predicted molar refractivity (Wildman–Crippen MR) is 114 cm³/mol. The summed E-state index contributed by atoms with van der Waals surface area (Å²) < 4.78 is 2.50. The Balaban J connectivity index is 2.78. The lowest BCUT2D eigenvalue weighted by molar-refractivity contribution is -0.119. The summed E-state index contributed by atoms with van der Waals surface area (Å²) in [6.07, 6.45) is 6.57. The Morgan fingerprint density at radius 1 is 1.32 bits per heavy atom. The van der Waals surface area contributed by atoms with Gasteiger partial charge >= 0.3 is 5.69 Å². The van der Waals surface area contributed by atoms with Gasteiger partial charge in [0.1, 0.15) is 5.69 Å². The lowest BCUT2D eigenvalue weighted by atomic mass is 10.1. The van der Waals surface area contributed by atoms with E-state index in [0.717, 1.165) is 11.1 Å². The van der Waals surface area contributed by atoms with E-state index in [-0.39, 0.29) is 29.4 Å². The summed E-state index contributed by atoms with van der Waals surface area (Å²) in [6, 6.07) is 0. The highest BCUT2D eigenvalue weighted by molar-refractivity contribution is 5.82. The van der Waals surface area contributed by atoms with Crippen LogP contribution in [0.1, 0.15) is 20.3 Å². The molecule has 0 spiro atoms. The highest BCUT2D eigenvalue weighted by atomic mass is 16.2. The summed E-state index contributed by atoms with van der Waals surface area (Å²) in [6.45, 7) is 11.9. The Morgan fingerprint density at radius 2 is 1.96 bits per heavy atom. The number of allylic oxidation sites excluding steroid dienone is 4. The number of nitrogens with one attached hydrogen (secondary N) is 2. The molecule has 1 rings (SSSR count). The summed E-state index contributed by atoms with van der Waals surface area (Å²) >= 11 is 0. The maximum absolute atomic E-state index is 12.3. The van der Waals surface area contributed by atoms with Crippen molar-refractivity contribution in [1.82, 2.24) is 14.5 Å². The van der Waals surface area contributed by atoms with Crippen LogP contribution in [0.4, 0.5) is 11.5 Å². The molecule has 0 radical (unpaired) electrons. The third kappa shape index (κ3) is 5.67. The molecule has 152 valence electrons. The van der Waals surface area contributed by atoms with Crippen LogP contribution >= 0.6 is 0 Å². The maximum atomic E-state index is 12.3. The minimum atomic E-state index is -0.381. The number of amides is 1. The maximum Gasteiger partial charge on any atom is 0.330 e. The lowest BCUT2D eigenvalue weighted by Crippen LogP contribution is -2.43. The van der Waals surface area contributed by atoms with Crippen LogP contribution in [0.15, 0.2) is 45.7 Å². The fourth-order valence-corrected chi connectivity index (χ4v) is 2.51. The van der Waals surface area contributed by atoms with E-state index in [4.69, 9.17) is 5.41 Å². The van der Waals surface area contributed by atoms with Gasteiger partial charge in [-0.1, -0.05) is 36.0 Å². The Bertz CT molecular complexity index is 933. The SMILES string of the molecule is C=Nc1c(N(C)CC(=O)NCCC(=C)/C=C\C(C)=C/C)c(=N)n(C)c(=O)n1C. The summed E-state index contributed by atoms with van der Waals surface area (Å²) in [7, 11) is 4.73. The number of aromatic nitrogens is 2. The van der Waals surface area contributed by atoms with Crippen LogP contribution in [0.5, 0.6) is 0 Å². The molecule has 0 aliphatic heterocycles. The van der Waals surface area contributed by atoms with Crippen molar-refractivity contribution >= 4 is 24.1 Å². The van der Waals surface area contributed by atoms with Crippen LogP contribution < -0.4 is 21.4 Å². The molecule has 1 aromatic rings. The minimum absolute atomic E-state index is 0.0204. The van der Waals surface area contributed by atoms with Crippen molar-refractivity contribution in [3.05, 3.63) is 51.9 Å². The van der Waals surface area contributed by atoms with Crippen LogP contribution in [0, 0.1) is 5.41 Å². The first-order chi connectivity index (χ1) is 13.1. The van der Waals surface area contributed by atoms with Crippen LogP contribution in [0.2, 0.25) is 0 Å². The molecule has 0 aliphatic carbocycles. The monoisotopic (exact) mass is 386 g/mol. The predicted octanol–water partition coefficient (Wildman–Crippen LogP) is 1.56. The molecule has 8 heteroatoms. The molecule has 28 heavy (non-hydrogen) atoms. The van der Waals surface area contributed by atoms with E-state index < -0.39 is 0 Å². The van der Waals surface area contributed by atoms with Crippen molar-refractivity contribution in [2.24, 2.45) is 19.1 Å². The van der Waals surface area contributed by atoms with Gasteiger partial charge in [0.15, 0.2) is 11.3 Å². The zero-order valence-electron chi connectivity index (χ0n) is 17.4. The van der Waals surface area contributed by atoms with Crippen molar-refractivity contribution < 1.29 is 4.79 Å². The molecule has 1 heterocycles. The van der Waals surface area contributed by atoms with Gasteiger partial charge in [0.2, 0.25) is 5.91 Å². The Morgan fingerprint density at radius 3 is 2.54 bits per heavy atom. The van der Waals surface area contributed by atoms with Gasteiger partial charge in [0.05, 0.1) is 6.54 Å². The van der Waals surface area contributed by atoms with Crippen molar-refractivity contribution in [3.63, 3.8) is 0 Å². The Kier molecular flexibility index (Phi) is 8.37. The summed E-state index contributed by atoms with van der Waals surface area (Å²) in [4.78, 5) is 29.8. The second kappa shape index (κ2) is 10.2. The lowest BCUT2D eigenvalue weighted by Gasteiger charge is -2.22. The van der Waals surface area contributed by atoms with Gasteiger partial charge in [0, 0.05) is 27.7 Å². The first-order valence-electron chi connectivity index (χ1n) is 8.91. The second-order valence-corrected chi connectivity index (χ2v) is 6.56. The topological polar surface area (TPSA) is 95.5 Å². The van der Waals surface area contributed by atoms with Crippen molar-refractivity contribution in [2.45, 2.75) is 20.3 Å². The summed E-state index contributed by atoms with van der Waals surface area (Å²) in [5.41, 5.74) is 2.03. The van der Waals surface area contributed by atoms with Crippen molar-refractivity contribution in [3.8, 4) is 0 Å². The molecule has 2 N–H and O–H groups in total. The normalized spacial score (nSPS) is 11.5. The van der Waals surface area contributed by atoms with E-state index in [1.54, 1.807) is 19.0 Å². The van der Waals surface area contributed by atoms with Gasteiger partial charge < -0.3 is 10.2 Å². The number of carbonyl (C=O) groups excluding carboxylic acids is 1. The number of rotatable bonds is 9. The number of hydrogen-bond acceptors (Lipinski definition) is 5. The quantitative estimate of drug-likeness (QED) is 0.498. The molecule has 0 aromatic carbocycles. The highest BCUT2D eigenvalue weighted by Gasteiger charge is 2.18. The smallest absolute Gasteiger partial charge is 0.330 e. The molecule has 0 bridgehead atoms. The molecule has 0 saturated heterocycles. The van der Waals surface area contributed by atoms with Crippen LogP contribution in [0.3, 0.4) is 0 Å². The molecular formula is C20H30N6O2. The first-order valence-corrected chi connectivity index (χ1v) is 8.91. The molecule has 0 unspecified atom stereocenters. The number of aliphatic imine (C=N–C) groups is 1. The summed E-state index contributed by atoms with van der Waals surface area (Å²) in [5, 5.41) is 11.0. The zero-order chi connectivity index (χ0) is 21.4. The van der Waals surface area contributed by atoms with Gasteiger partial charge in [-0.05, 0) is 27.0 Å². The van der Waals surface area contributed by atoms with Gasteiger partial charge in [-0.25, -0.2) is 9.79 Å². The number of nitrogens with zero attached hydrogens (tertiary/aromatic N) is 4. The largest absolute Gasteiger partial charge is 0.359 e. The molecule has 1 aromatic heterocycles. The number of carbonyl (C=O) groups is 1.